The van der Waals surface area contributed by atoms with Crippen molar-refractivity contribution in [2.45, 2.75) is 19.8 Å². The highest BCUT2D eigenvalue weighted by Gasteiger charge is 2.25. The molecule has 0 unspecified atom stereocenters. The number of carbonyl (C=O) groups is 1. The van der Waals surface area contributed by atoms with Crippen LogP contribution in [0.3, 0.4) is 0 Å². The van der Waals surface area contributed by atoms with E-state index in [1.54, 1.807) is 18.2 Å². The van der Waals surface area contributed by atoms with Crippen molar-refractivity contribution in [1.82, 2.24) is 4.90 Å². The predicted octanol–water partition coefficient (Wildman–Crippen LogP) is 3.70. The minimum Gasteiger partial charge on any atom is -0.481 e. The average Bonchev–Trinajstić information content (AvgIpc) is 2.70. The smallest absolute Gasteiger partial charge is 0.307 e. The van der Waals surface area contributed by atoms with Crippen molar-refractivity contribution < 1.29 is 19.1 Å². The van der Waals surface area contributed by atoms with E-state index >= 15 is 0 Å². The molecule has 0 bridgehead atoms. The number of carboxylic acid groups (broad SMARTS) is 1. The molecule has 0 saturated carbocycles. The Hall–Kier alpha value is -2.73. The summed E-state index contributed by atoms with van der Waals surface area (Å²) in [6.45, 7) is 4.24. The second kappa shape index (κ2) is 9.46. The van der Waals surface area contributed by atoms with Gasteiger partial charge in [-0.25, -0.2) is 4.39 Å². The minimum atomic E-state index is -0.745. The number of hydrogen-bond donors (Lipinski definition) is 1. The molecule has 1 atom stereocenters. The highest BCUT2D eigenvalue weighted by atomic mass is 19.1. The van der Waals surface area contributed by atoms with Crippen LogP contribution in [0.4, 0.5) is 4.39 Å². The van der Waals surface area contributed by atoms with Crippen molar-refractivity contribution in [2.24, 2.45) is 11.1 Å². The van der Waals surface area contributed by atoms with Crippen molar-refractivity contribution >= 4 is 11.7 Å². The van der Waals surface area contributed by atoms with Gasteiger partial charge in [0.2, 0.25) is 0 Å². The third-order valence-electron chi connectivity index (χ3n) is 5.04. The van der Waals surface area contributed by atoms with Crippen LogP contribution < -0.4 is 0 Å². The summed E-state index contributed by atoms with van der Waals surface area (Å²) in [5.41, 5.74) is 2.64. The SMILES string of the molecule is Cc1ccccc1C(=NOCCN1CCC[C@@H](C(=O)O)C1)c1ccccc1F. The molecule has 5 nitrogen and oxygen atoms in total. The molecule has 1 heterocycles. The lowest BCUT2D eigenvalue weighted by atomic mass is 9.98. The van der Waals surface area contributed by atoms with Crippen molar-refractivity contribution in [1.29, 1.82) is 0 Å². The zero-order valence-corrected chi connectivity index (χ0v) is 16.0. The molecular weight excluding hydrogens is 359 g/mol. The van der Waals surface area contributed by atoms with Crippen LogP contribution in [0.1, 0.15) is 29.5 Å². The van der Waals surface area contributed by atoms with Crippen LogP contribution in [-0.4, -0.2) is 47.9 Å². The lowest BCUT2D eigenvalue weighted by molar-refractivity contribution is -0.143. The molecule has 148 valence electrons. The Morgan fingerprint density at radius 3 is 2.64 bits per heavy atom. The summed E-state index contributed by atoms with van der Waals surface area (Å²) in [5, 5.41) is 13.4. The molecule has 1 saturated heterocycles. The molecule has 0 aromatic heterocycles. The Kier molecular flexibility index (Phi) is 6.76. The second-order valence-corrected chi connectivity index (χ2v) is 7.05. The van der Waals surface area contributed by atoms with Gasteiger partial charge in [-0.15, -0.1) is 0 Å². The Morgan fingerprint density at radius 1 is 1.21 bits per heavy atom. The van der Waals surface area contributed by atoms with E-state index in [0.29, 0.717) is 31.0 Å². The number of likely N-dealkylation sites (tertiary alicyclic amines) is 1. The van der Waals surface area contributed by atoms with E-state index in [0.717, 1.165) is 30.5 Å². The number of carboxylic acids is 1. The number of hydrogen-bond acceptors (Lipinski definition) is 4. The Labute approximate surface area is 164 Å². The highest BCUT2D eigenvalue weighted by molar-refractivity contribution is 6.13. The molecule has 6 heteroatoms. The van der Waals surface area contributed by atoms with Crippen molar-refractivity contribution in [3.05, 3.63) is 71.0 Å². The number of aliphatic carboxylic acids is 1. The van der Waals surface area contributed by atoms with Gasteiger partial charge < -0.3 is 9.94 Å². The Morgan fingerprint density at radius 2 is 1.93 bits per heavy atom. The van der Waals surface area contributed by atoms with E-state index in [-0.39, 0.29) is 11.7 Å². The maximum absolute atomic E-state index is 14.4. The summed E-state index contributed by atoms with van der Waals surface area (Å²) in [6.07, 6.45) is 1.58. The molecule has 2 aromatic rings. The van der Waals surface area contributed by atoms with Gasteiger partial charge >= 0.3 is 5.97 Å². The Bertz CT molecular complexity index is 806. The number of piperidine rings is 1. The molecule has 1 aliphatic rings. The molecule has 0 amide bonds. The largest absolute Gasteiger partial charge is 0.481 e. The second-order valence-electron chi connectivity index (χ2n) is 7.05. The van der Waals surface area contributed by atoms with Crippen LogP contribution >= 0.6 is 0 Å². The van der Waals surface area contributed by atoms with E-state index in [9.17, 15) is 14.3 Å². The van der Waals surface area contributed by atoms with Gasteiger partial charge in [0.05, 0.1) is 5.92 Å². The van der Waals surface area contributed by atoms with Crippen LogP contribution in [0.2, 0.25) is 0 Å². The molecule has 0 radical (unpaired) electrons. The van der Waals surface area contributed by atoms with Crippen LogP contribution in [0.25, 0.3) is 0 Å². The number of benzene rings is 2. The van der Waals surface area contributed by atoms with Gasteiger partial charge in [0.25, 0.3) is 0 Å². The Balaban J connectivity index is 1.71. The number of nitrogens with zero attached hydrogens (tertiary/aromatic N) is 2. The molecule has 1 aliphatic heterocycles. The first-order valence-corrected chi connectivity index (χ1v) is 9.52. The average molecular weight is 384 g/mol. The number of halogens is 1. The summed E-state index contributed by atoms with van der Waals surface area (Å²) < 4.78 is 14.4. The van der Waals surface area contributed by atoms with Crippen LogP contribution in [0.15, 0.2) is 53.7 Å². The highest BCUT2D eigenvalue weighted by Crippen LogP contribution is 2.19. The molecule has 28 heavy (non-hydrogen) atoms. The standard InChI is InChI=1S/C22H25FN2O3/c1-16-7-2-3-9-18(16)21(19-10-4-5-11-20(19)23)24-28-14-13-25-12-6-8-17(15-25)22(26)27/h2-5,7,9-11,17H,6,8,12-15H2,1H3,(H,26,27)/t17-/m1/s1. The summed E-state index contributed by atoms with van der Waals surface area (Å²) in [6, 6.07) is 14.2. The van der Waals surface area contributed by atoms with E-state index in [4.69, 9.17) is 4.84 Å². The van der Waals surface area contributed by atoms with Gasteiger partial charge in [0, 0.05) is 24.2 Å². The van der Waals surface area contributed by atoms with E-state index < -0.39 is 5.97 Å². The van der Waals surface area contributed by atoms with Gasteiger partial charge in [-0.3, -0.25) is 9.69 Å². The van der Waals surface area contributed by atoms with Crippen LogP contribution in [0.5, 0.6) is 0 Å². The van der Waals surface area contributed by atoms with Crippen LogP contribution in [0, 0.1) is 18.7 Å². The molecular formula is C22H25FN2O3. The predicted molar refractivity (Wildman–Crippen MR) is 106 cm³/mol. The quantitative estimate of drug-likeness (QED) is 0.449. The maximum atomic E-state index is 14.4. The summed E-state index contributed by atoms with van der Waals surface area (Å²) in [5.74, 6) is -1.42. The van der Waals surface area contributed by atoms with Gasteiger partial charge in [-0.1, -0.05) is 41.6 Å². The number of aryl methyl sites for hydroxylation is 1. The fourth-order valence-corrected chi connectivity index (χ4v) is 3.48. The first-order valence-electron chi connectivity index (χ1n) is 9.52. The molecule has 0 aliphatic carbocycles. The third-order valence-corrected chi connectivity index (χ3v) is 5.04. The van der Waals surface area contributed by atoms with E-state index in [1.807, 2.05) is 31.2 Å². The van der Waals surface area contributed by atoms with Crippen molar-refractivity contribution in [2.75, 3.05) is 26.2 Å². The summed E-state index contributed by atoms with van der Waals surface area (Å²) in [7, 11) is 0. The van der Waals surface area contributed by atoms with Gasteiger partial charge in [-0.2, -0.15) is 0 Å². The molecule has 3 rings (SSSR count). The van der Waals surface area contributed by atoms with Gasteiger partial charge in [0.15, 0.2) is 0 Å². The lowest BCUT2D eigenvalue weighted by Gasteiger charge is -2.30. The van der Waals surface area contributed by atoms with Crippen molar-refractivity contribution in [3.8, 4) is 0 Å². The zero-order chi connectivity index (χ0) is 19.9. The van der Waals surface area contributed by atoms with E-state index in [2.05, 4.69) is 10.1 Å². The fourth-order valence-electron chi connectivity index (χ4n) is 3.48. The summed E-state index contributed by atoms with van der Waals surface area (Å²) >= 11 is 0. The zero-order valence-electron chi connectivity index (χ0n) is 16.0. The number of oxime groups is 1. The molecule has 1 N–H and O–H groups in total. The topological polar surface area (TPSA) is 62.1 Å². The normalized spacial score (nSPS) is 18.1. The maximum Gasteiger partial charge on any atom is 0.307 e. The van der Waals surface area contributed by atoms with Gasteiger partial charge in [-0.05, 0) is 44.0 Å². The first-order chi connectivity index (χ1) is 13.6. The molecule has 1 fully saturated rings. The van der Waals surface area contributed by atoms with Crippen LogP contribution in [-0.2, 0) is 9.63 Å². The number of rotatable bonds is 7. The lowest BCUT2D eigenvalue weighted by Crippen LogP contribution is -2.40. The van der Waals surface area contributed by atoms with Crippen molar-refractivity contribution in [3.63, 3.8) is 0 Å². The van der Waals surface area contributed by atoms with E-state index in [1.165, 1.54) is 6.07 Å². The fraction of sp³-hybridized carbons (Fsp3) is 0.364. The minimum absolute atomic E-state index is 0.316. The monoisotopic (exact) mass is 384 g/mol. The van der Waals surface area contributed by atoms with Gasteiger partial charge in [0.1, 0.15) is 18.1 Å². The molecule has 2 aromatic carbocycles. The molecule has 0 spiro atoms. The first kappa shape index (κ1) is 20.0. The third kappa shape index (κ3) is 4.95. The summed E-state index contributed by atoms with van der Waals surface area (Å²) in [4.78, 5) is 18.8.